The van der Waals surface area contributed by atoms with E-state index in [-0.39, 0.29) is 0 Å². The molecule has 0 saturated heterocycles. The third-order valence-electron chi connectivity index (χ3n) is 3.98. The highest BCUT2D eigenvalue weighted by molar-refractivity contribution is 5.29. The molecule has 1 aromatic rings. The first-order chi connectivity index (χ1) is 7.66. The molecule has 2 atom stereocenters. The van der Waals surface area contributed by atoms with Crippen LogP contribution in [0.1, 0.15) is 50.7 Å². The lowest BCUT2D eigenvalue weighted by Gasteiger charge is -2.28. The van der Waals surface area contributed by atoms with Crippen molar-refractivity contribution in [2.24, 2.45) is 5.92 Å². The first-order valence-electron chi connectivity index (χ1n) is 6.48. The Labute approximate surface area is 98.5 Å². The zero-order valence-electron chi connectivity index (χ0n) is 10.4. The highest BCUT2D eigenvalue weighted by atomic mass is 16.3. The van der Waals surface area contributed by atoms with Gasteiger partial charge in [-0.2, -0.15) is 0 Å². The van der Waals surface area contributed by atoms with E-state index in [4.69, 9.17) is 0 Å². The number of benzene rings is 1. The van der Waals surface area contributed by atoms with Gasteiger partial charge in [-0.15, -0.1) is 0 Å². The molecule has 1 heteroatoms. The minimum absolute atomic E-state index is 0.393. The van der Waals surface area contributed by atoms with E-state index in [9.17, 15) is 5.11 Å². The fourth-order valence-electron chi connectivity index (χ4n) is 2.88. The van der Waals surface area contributed by atoms with Crippen LogP contribution < -0.4 is 0 Å². The Kier molecular flexibility index (Phi) is 3.34. The molecule has 16 heavy (non-hydrogen) atoms. The largest absolute Gasteiger partial charge is 0.385 e. The summed E-state index contributed by atoms with van der Waals surface area (Å²) < 4.78 is 0. The third kappa shape index (κ3) is 2.01. The van der Waals surface area contributed by atoms with Crippen LogP contribution in [0.5, 0.6) is 0 Å². The lowest BCUT2D eigenvalue weighted by molar-refractivity contribution is 0.00442. The molecule has 1 saturated carbocycles. The van der Waals surface area contributed by atoms with Crippen molar-refractivity contribution in [3.63, 3.8) is 0 Å². The molecule has 0 spiro atoms. The molecule has 88 valence electrons. The van der Waals surface area contributed by atoms with E-state index in [0.717, 1.165) is 37.7 Å². The van der Waals surface area contributed by atoms with Crippen LogP contribution >= 0.6 is 0 Å². The zero-order chi connectivity index (χ0) is 11.6. The van der Waals surface area contributed by atoms with Gasteiger partial charge in [-0.05, 0) is 42.7 Å². The van der Waals surface area contributed by atoms with Gasteiger partial charge < -0.3 is 5.11 Å². The van der Waals surface area contributed by atoms with Crippen LogP contribution in [0, 0.1) is 5.92 Å². The second-order valence-electron chi connectivity index (χ2n) is 5.17. The Balaban J connectivity index is 2.29. The average Bonchev–Trinajstić information content (AvgIpc) is 2.62. The Morgan fingerprint density at radius 2 is 2.25 bits per heavy atom. The van der Waals surface area contributed by atoms with E-state index in [1.54, 1.807) is 0 Å². The van der Waals surface area contributed by atoms with Crippen LogP contribution in [0.2, 0.25) is 0 Å². The summed E-state index contributed by atoms with van der Waals surface area (Å²) in [5, 5.41) is 10.7. The van der Waals surface area contributed by atoms with E-state index < -0.39 is 5.60 Å². The fourth-order valence-corrected chi connectivity index (χ4v) is 2.88. The lowest BCUT2D eigenvalue weighted by Crippen LogP contribution is -2.28. The second-order valence-corrected chi connectivity index (χ2v) is 5.17. The summed E-state index contributed by atoms with van der Waals surface area (Å²) in [4.78, 5) is 0. The number of rotatable bonds is 3. The lowest BCUT2D eigenvalue weighted by atomic mass is 9.84. The highest BCUT2D eigenvalue weighted by Crippen LogP contribution is 2.43. The Bertz CT molecular complexity index is 358. The summed E-state index contributed by atoms with van der Waals surface area (Å²) in [6, 6.07) is 8.53. The van der Waals surface area contributed by atoms with Crippen molar-refractivity contribution < 1.29 is 5.11 Å². The molecule has 2 unspecified atom stereocenters. The van der Waals surface area contributed by atoms with E-state index in [1.165, 1.54) is 5.56 Å². The van der Waals surface area contributed by atoms with Gasteiger partial charge in [0.15, 0.2) is 0 Å². The maximum Gasteiger partial charge on any atom is 0.0922 e. The third-order valence-corrected chi connectivity index (χ3v) is 3.98. The molecule has 1 N–H and O–H groups in total. The van der Waals surface area contributed by atoms with Crippen LogP contribution in [0.25, 0.3) is 0 Å². The van der Waals surface area contributed by atoms with Crippen molar-refractivity contribution in [1.29, 1.82) is 0 Å². The molecular weight excluding hydrogens is 196 g/mol. The number of hydrogen-bond acceptors (Lipinski definition) is 1. The van der Waals surface area contributed by atoms with Gasteiger partial charge in [-0.25, -0.2) is 0 Å². The van der Waals surface area contributed by atoms with Crippen LogP contribution in [0.4, 0.5) is 0 Å². The number of aryl methyl sites for hydroxylation is 1. The standard InChI is InChI=1S/C15H22O/c1-3-6-13-8-4-9-14(11-13)15(16)10-5-7-12(15)2/h4,8-9,11-12,16H,3,5-7,10H2,1-2H3. The SMILES string of the molecule is CCCc1cccc(C2(O)CCCC2C)c1. The molecule has 1 aliphatic rings. The molecular formula is C15H22O. The summed E-state index contributed by atoms with van der Waals surface area (Å²) in [7, 11) is 0. The molecule has 0 radical (unpaired) electrons. The van der Waals surface area contributed by atoms with Crippen molar-refractivity contribution in [1.82, 2.24) is 0 Å². The van der Waals surface area contributed by atoms with Gasteiger partial charge in [0.2, 0.25) is 0 Å². The van der Waals surface area contributed by atoms with Gasteiger partial charge in [0.1, 0.15) is 0 Å². The Hall–Kier alpha value is -0.820. The normalized spacial score (nSPS) is 29.6. The average molecular weight is 218 g/mol. The summed E-state index contributed by atoms with van der Waals surface area (Å²) >= 11 is 0. The summed E-state index contributed by atoms with van der Waals surface area (Å²) in [5.41, 5.74) is 1.92. The van der Waals surface area contributed by atoms with Crippen molar-refractivity contribution in [3.05, 3.63) is 35.4 Å². The molecule has 0 bridgehead atoms. The topological polar surface area (TPSA) is 20.2 Å². The first kappa shape index (κ1) is 11.7. The van der Waals surface area contributed by atoms with Crippen molar-refractivity contribution in [2.45, 2.75) is 51.6 Å². The Morgan fingerprint density at radius 1 is 1.44 bits per heavy atom. The summed E-state index contributed by atoms with van der Waals surface area (Å²) in [6.45, 7) is 4.36. The van der Waals surface area contributed by atoms with E-state index in [0.29, 0.717) is 5.92 Å². The Morgan fingerprint density at radius 3 is 2.88 bits per heavy atom. The molecule has 0 amide bonds. The summed E-state index contributed by atoms with van der Waals surface area (Å²) in [6.07, 6.45) is 5.49. The van der Waals surface area contributed by atoms with Crippen molar-refractivity contribution in [3.8, 4) is 0 Å². The van der Waals surface area contributed by atoms with Crippen LogP contribution in [-0.2, 0) is 12.0 Å². The van der Waals surface area contributed by atoms with Gasteiger partial charge in [0.05, 0.1) is 5.60 Å². The van der Waals surface area contributed by atoms with Crippen LogP contribution in [0.3, 0.4) is 0 Å². The maximum absolute atomic E-state index is 10.7. The number of hydrogen-bond donors (Lipinski definition) is 1. The molecule has 1 fully saturated rings. The van der Waals surface area contributed by atoms with Gasteiger partial charge in [0, 0.05) is 0 Å². The molecule has 1 nitrogen and oxygen atoms in total. The molecule has 1 aliphatic carbocycles. The quantitative estimate of drug-likeness (QED) is 0.821. The minimum Gasteiger partial charge on any atom is -0.385 e. The summed E-state index contributed by atoms with van der Waals surface area (Å²) in [5.74, 6) is 0.393. The molecule has 2 rings (SSSR count). The van der Waals surface area contributed by atoms with E-state index >= 15 is 0 Å². The predicted octanol–water partition coefficient (Wildman–Crippen LogP) is 3.65. The van der Waals surface area contributed by atoms with Gasteiger partial charge in [0.25, 0.3) is 0 Å². The van der Waals surface area contributed by atoms with Crippen molar-refractivity contribution in [2.75, 3.05) is 0 Å². The fraction of sp³-hybridized carbons (Fsp3) is 0.600. The molecule has 0 heterocycles. The molecule has 1 aromatic carbocycles. The van der Waals surface area contributed by atoms with Gasteiger partial charge >= 0.3 is 0 Å². The van der Waals surface area contributed by atoms with Gasteiger partial charge in [-0.1, -0.05) is 44.5 Å². The minimum atomic E-state index is -0.566. The van der Waals surface area contributed by atoms with E-state index in [2.05, 4.69) is 38.1 Å². The second kappa shape index (κ2) is 4.58. The monoisotopic (exact) mass is 218 g/mol. The van der Waals surface area contributed by atoms with Crippen LogP contribution in [-0.4, -0.2) is 5.11 Å². The first-order valence-corrected chi connectivity index (χ1v) is 6.48. The molecule has 0 aromatic heterocycles. The maximum atomic E-state index is 10.7. The molecule has 0 aliphatic heterocycles. The van der Waals surface area contributed by atoms with Crippen LogP contribution in [0.15, 0.2) is 24.3 Å². The number of aliphatic hydroxyl groups is 1. The predicted molar refractivity (Wildman–Crippen MR) is 67.3 cm³/mol. The smallest absolute Gasteiger partial charge is 0.0922 e. The van der Waals surface area contributed by atoms with E-state index in [1.807, 2.05) is 0 Å². The zero-order valence-corrected chi connectivity index (χ0v) is 10.4. The van der Waals surface area contributed by atoms with Gasteiger partial charge in [-0.3, -0.25) is 0 Å². The highest BCUT2D eigenvalue weighted by Gasteiger charge is 2.39. The van der Waals surface area contributed by atoms with Crippen molar-refractivity contribution >= 4 is 0 Å².